The molecule has 0 bridgehead atoms. The number of hydrogen-bond acceptors (Lipinski definition) is 2. The van der Waals surface area contributed by atoms with Crippen molar-refractivity contribution in [3.63, 3.8) is 0 Å². The first-order chi connectivity index (χ1) is 9.33. The summed E-state index contributed by atoms with van der Waals surface area (Å²) < 4.78 is 0. The zero-order chi connectivity index (χ0) is 13.5. The van der Waals surface area contributed by atoms with Crippen LogP contribution in [-0.4, -0.2) is 18.8 Å². The van der Waals surface area contributed by atoms with Crippen LogP contribution in [-0.2, 0) is 0 Å². The van der Waals surface area contributed by atoms with Gasteiger partial charge in [0.15, 0.2) is 0 Å². The third-order valence-electron chi connectivity index (χ3n) is 4.58. The van der Waals surface area contributed by atoms with Crippen molar-refractivity contribution in [1.29, 1.82) is 0 Å². The number of nitrogens with one attached hydrogen (secondary N) is 1. The van der Waals surface area contributed by atoms with Gasteiger partial charge in [0, 0.05) is 16.7 Å². The molecule has 19 heavy (non-hydrogen) atoms. The molecule has 1 aliphatic carbocycles. The molecule has 2 heteroatoms. The molecule has 0 heterocycles. The summed E-state index contributed by atoms with van der Waals surface area (Å²) in [6.45, 7) is 2.34. The molecule has 1 unspecified atom stereocenters. The molecule has 1 atom stereocenters. The van der Waals surface area contributed by atoms with Gasteiger partial charge in [0.2, 0.25) is 0 Å². The van der Waals surface area contributed by atoms with Gasteiger partial charge in [-0.25, -0.2) is 0 Å². The van der Waals surface area contributed by atoms with Crippen LogP contribution in [0.2, 0.25) is 0 Å². The molecular formula is C17H27NS. The van der Waals surface area contributed by atoms with Crippen molar-refractivity contribution in [2.24, 2.45) is 11.8 Å². The molecule has 1 nitrogen and oxygen atoms in total. The lowest BCUT2D eigenvalue weighted by atomic mass is 9.78. The highest BCUT2D eigenvalue weighted by Gasteiger charge is 2.25. The Balaban J connectivity index is 1.80. The highest BCUT2D eigenvalue weighted by Crippen LogP contribution is 2.34. The predicted molar refractivity (Wildman–Crippen MR) is 85.8 cm³/mol. The van der Waals surface area contributed by atoms with Crippen LogP contribution in [0.5, 0.6) is 0 Å². The van der Waals surface area contributed by atoms with Crippen molar-refractivity contribution >= 4 is 11.8 Å². The van der Waals surface area contributed by atoms with E-state index in [9.17, 15) is 0 Å². The smallest absolute Gasteiger partial charge is 0.0186 e. The van der Waals surface area contributed by atoms with Crippen LogP contribution >= 0.6 is 11.8 Å². The van der Waals surface area contributed by atoms with Crippen molar-refractivity contribution in [3.8, 4) is 0 Å². The average molecular weight is 277 g/mol. The minimum Gasteiger partial charge on any atom is -0.316 e. The van der Waals surface area contributed by atoms with Crippen LogP contribution in [0.15, 0.2) is 35.2 Å². The second kappa shape index (κ2) is 7.96. The topological polar surface area (TPSA) is 12.0 Å². The van der Waals surface area contributed by atoms with Gasteiger partial charge in [-0.2, -0.15) is 0 Å². The minimum absolute atomic E-state index is 0.669. The maximum Gasteiger partial charge on any atom is 0.0186 e. The summed E-state index contributed by atoms with van der Waals surface area (Å²) in [5.41, 5.74) is 0. The van der Waals surface area contributed by atoms with E-state index >= 15 is 0 Å². The molecule has 2 rings (SSSR count). The maximum atomic E-state index is 3.55. The Kier molecular flexibility index (Phi) is 6.25. The summed E-state index contributed by atoms with van der Waals surface area (Å²) in [5.74, 6) is 3.07. The summed E-state index contributed by atoms with van der Waals surface area (Å²) in [4.78, 5) is 1.39. The third-order valence-corrected chi connectivity index (χ3v) is 5.71. The molecule has 0 aromatic heterocycles. The Bertz CT molecular complexity index is 344. The van der Waals surface area contributed by atoms with E-state index in [-0.39, 0.29) is 0 Å². The van der Waals surface area contributed by atoms with E-state index in [0.717, 1.165) is 11.8 Å². The van der Waals surface area contributed by atoms with Crippen LogP contribution in [0, 0.1) is 11.8 Å². The van der Waals surface area contributed by atoms with E-state index in [1.165, 1.54) is 42.8 Å². The Morgan fingerprint density at radius 1 is 1.16 bits per heavy atom. The Hall–Kier alpha value is -0.470. The molecule has 1 fully saturated rings. The normalized spacial score (nSPS) is 25.2. The molecule has 0 saturated heterocycles. The van der Waals surface area contributed by atoms with Gasteiger partial charge in [0.1, 0.15) is 0 Å². The number of hydrogen-bond donors (Lipinski definition) is 1. The zero-order valence-electron chi connectivity index (χ0n) is 12.3. The van der Waals surface area contributed by atoms with Crippen LogP contribution in [0.1, 0.15) is 39.0 Å². The van der Waals surface area contributed by atoms with Gasteiger partial charge in [0.05, 0.1) is 0 Å². The van der Waals surface area contributed by atoms with Crippen LogP contribution in [0.4, 0.5) is 0 Å². The van der Waals surface area contributed by atoms with Gasteiger partial charge in [-0.1, -0.05) is 44.4 Å². The van der Waals surface area contributed by atoms with E-state index in [0.29, 0.717) is 6.04 Å². The molecule has 1 aromatic rings. The lowest BCUT2D eigenvalue weighted by Gasteiger charge is -2.33. The second-order valence-corrected chi connectivity index (χ2v) is 6.80. The standard InChI is InChI=1S/C17H27NS/c1-3-14-9-11-15(12-10-14)17(18-2)13-19-16-7-5-4-6-8-16/h4-8,14-15,17-18H,3,9-13H2,1-2H3. The van der Waals surface area contributed by atoms with Crippen LogP contribution in [0.3, 0.4) is 0 Å². The van der Waals surface area contributed by atoms with E-state index in [2.05, 4.69) is 49.6 Å². The van der Waals surface area contributed by atoms with Crippen LogP contribution in [0.25, 0.3) is 0 Å². The van der Waals surface area contributed by atoms with Crippen molar-refractivity contribution in [2.45, 2.75) is 50.0 Å². The maximum absolute atomic E-state index is 3.55. The molecule has 0 radical (unpaired) electrons. The monoisotopic (exact) mass is 277 g/mol. The lowest BCUT2D eigenvalue weighted by molar-refractivity contribution is 0.233. The minimum atomic E-state index is 0.669. The highest BCUT2D eigenvalue weighted by molar-refractivity contribution is 7.99. The van der Waals surface area contributed by atoms with Gasteiger partial charge in [-0.3, -0.25) is 0 Å². The molecule has 1 saturated carbocycles. The summed E-state index contributed by atoms with van der Waals surface area (Å²) in [5, 5.41) is 3.55. The SMILES string of the molecule is CCC1CCC(C(CSc2ccccc2)NC)CC1. The van der Waals surface area contributed by atoms with Gasteiger partial charge in [-0.05, 0) is 43.9 Å². The summed E-state index contributed by atoms with van der Waals surface area (Å²) in [6.07, 6.45) is 7.08. The summed E-state index contributed by atoms with van der Waals surface area (Å²) >= 11 is 1.99. The fraction of sp³-hybridized carbons (Fsp3) is 0.647. The Morgan fingerprint density at radius 2 is 1.84 bits per heavy atom. The van der Waals surface area contributed by atoms with E-state index < -0.39 is 0 Å². The quantitative estimate of drug-likeness (QED) is 0.764. The van der Waals surface area contributed by atoms with E-state index in [1.807, 2.05) is 11.8 Å². The second-order valence-electron chi connectivity index (χ2n) is 5.71. The first-order valence-corrected chi connectivity index (χ1v) is 8.67. The van der Waals surface area contributed by atoms with Crippen LogP contribution < -0.4 is 5.32 Å². The molecule has 0 aliphatic heterocycles. The fourth-order valence-corrected chi connectivity index (χ4v) is 4.32. The van der Waals surface area contributed by atoms with Crippen molar-refractivity contribution < 1.29 is 0 Å². The molecule has 1 N–H and O–H groups in total. The Labute approximate surface area is 122 Å². The first-order valence-electron chi connectivity index (χ1n) is 7.68. The molecule has 1 aliphatic rings. The van der Waals surface area contributed by atoms with E-state index in [4.69, 9.17) is 0 Å². The first kappa shape index (κ1) is 14.9. The van der Waals surface area contributed by atoms with E-state index in [1.54, 1.807) is 0 Å². The molecule has 0 spiro atoms. The largest absolute Gasteiger partial charge is 0.316 e. The summed E-state index contributed by atoms with van der Waals surface area (Å²) in [6, 6.07) is 11.4. The Morgan fingerprint density at radius 3 is 2.42 bits per heavy atom. The number of rotatable bonds is 6. The predicted octanol–water partition coefficient (Wildman–Crippen LogP) is 4.58. The van der Waals surface area contributed by atoms with Crippen molar-refractivity contribution in [2.75, 3.05) is 12.8 Å². The average Bonchev–Trinajstić information content (AvgIpc) is 2.49. The summed E-state index contributed by atoms with van der Waals surface area (Å²) in [7, 11) is 2.13. The molecule has 0 amide bonds. The van der Waals surface area contributed by atoms with Gasteiger partial charge < -0.3 is 5.32 Å². The molecular weight excluding hydrogens is 250 g/mol. The molecule has 1 aromatic carbocycles. The fourth-order valence-electron chi connectivity index (χ4n) is 3.16. The van der Waals surface area contributed by atoms with Gasteiger partial charge in [-0.15, -0.1) is 11.8 Å². The lowest BCUT2D eigenvalue weighted by Crippen LogP contribution is -2.37. The number of thioether (sulfide) groups is 1. The van der Waals surface area contributed by atoms with Gasteiger partial charge >= 0.3 is 0 Å². The molecule has 106 valence electrons. The van der Waals surface area contributed by atoms with Crippen molar-refractivity contribution in [3.05, 3.63) is 30.3 Å². The van der Waals surface area contributed by atoms with Crippen molar-refractivity contribution in [1.82, 2.24) is 5.32 Å². The van der Waals surface area contributed by atoms with Gasteiger partial charge in [0.25, 0.3) is 0 Å². The number of benzene rings is 1. The highest BCUT2D eigenvalue weighted by atomic mass is 32.2. The third kappa shape index (κ3) is 4.54. The zero-order valence-corrected chi connectivity index (χ0v) is 13.1.